The predicted octanol–water partition coefficient (Wildman–Crippen LogP) is 4.52. The predicted molar refractivity (Wildman–Crippen MR) is 94.7 cm³/mol. The standard InChI is InChI=1S/C18H31NOS/c1-13(2)12-19-17(21-18(5,6)20)11-15(4)16-9-7-14(3)8-10-16/h7-10,13,15,17,19-20H,11-12H2,1-6H3. The van der Waals surface area contributed by atoms with Crippen molar-refractivity contribution in [1.82, 2.24) is 5.32 Å². The van der Waals surface area contributed by atoms with Crippen molar-refractivity contribution >= 4 is 11.8 Å². The Morgan fingerprint density at radius 1 is 1.14 bits per heavy atom. The van der Waals surface area contributed by atoms with Crippen LogP contribution in [0.2, 0.25) is 0 Å². The lowest BCUT2D eigenvalue weighted by Crippen LogP contribution is -2.34. The van der Waals surface area contributed by atoms with Crippen LogP contribution in [-0.2, 0) is 0 Å². The van der Waals surface area contributed by atoms with E-state index in [0.29, 0.717) is 11.8 Å². The topological polar surface area (TPSA) is 32.3 Å². The van der Waals surface area contributed by atoms with Crippen molar-refractivity contribution in [2.45, 2.75) is 64.2 Å². The molecule has 0 radical (unpaired) electrons. The zero-order chi connectivity index (χ0) is 16.0. The Labute approximate surface area is 134 Å². The SMILES string of the molecule is Cc1ccc(C(C)CC(NCC(C)C)SC(C)(C)O)cc1. The summed E-state index contributed by atoms with van der Waals surface area (Å²) in [5.74, 6) is 1.09. The van der Waals surface area contributed by atoms with E-state index in [1.165, 1.54) is 11.1 Å². The lowest BCUT2D eigenvalue weighted by molar-refractivity contribution is 0.177. The third-order valence-corrected chi connectivity index (χ3v) is 4.62. The molecular weight excluding hydrogens is 278 g/mol. The van der Waals surface area contributed by atoms with Gasteiger partial charge in [0.05, 0.1) is 5.37 Å². The summed E-state index contributed by atoms with van der Waals surface area (Å²) in [5, 5.41) is 14.0. The van der Waals surface area contributed by atoms with Gasteiger partial charge in [-0.3, -0.25) is 0 Å². The first-order valence-corrected chi connectivity index (χ1v) is 8.75. The second-order valence-corrected chi connectivity index (χ2v) is 8.71. The summed E-state index contributed by atoms with van der Waals surface area (Å²) in [4.78, 5) is -0.707. The average Bonchev–Trinajstić information content (AvgIpc) is 2.34. The Hall–Kier alpha value is -0.510. The molecule has 2 atom stereocenters. The van der Waals surface area contributed by atoms with Crippen molar-refractivity contribution in [2.75, 3.05) is 6.54 Å². The van der Waals surface area contributed by atoms with Crippen LogP contribution in [0, 0.1) is 12.8 Å². The van der Waals surface area contributed by atoms with Crippen LogP contribution in [0.5, 0.6) is 0 Å². The van der Waals surface area contributed by atoms with Crippen LogP contribution in [0.3, 0.4) is 0 Å². The first kappa shape index (κ1) is 18.5. The minimum absolute atomic E-state index is 0.267. The van der Waals surface area contributed by atoms with Gasteiger partial charge in [0.2, 0.25) is 0 Å². The molecule has 3 heteroatoms. The molecule has 1 rings (SSSR count). The van der Waals surface area contributed by atoms with Gasteiger partial charge in [0, 0.05) is 0 Å². The third kappa shape index (κ3) is 7.89. The van der Waals surface area contributed by atoms with E-state index >= 15 is 0 Å². The molecule has 1 aromatic carbocycles. The number of rotatable bonds is 8. The molecule has 0 saturated heterocycles. The van der Waals surface area contributed by atoms with Crippen molar-refractivity contribution in [3.63, 3.8) is 0 Å². The number of thioether (sulfide) groups is 1. The monoisotopic (exact) mass is 309 g/mol. The van der Waals surface area contributed by atoms with Gasteiger partial charge in [-0.05, 0) is 51.1 Å². The molecule has 0 aliphatic rings. The minimum atomic E-state index is -0.707. The normalized spacial score (nSPS) is 15.2. The summed E-state index contributed by atoms with van der Waals surface area (Å²) in [6.07, 6.45) is 1.02. The quantitative estimate of drug-likeness (QED) is 0.692. The van der Waals surface area contributed by atoms with E-state index in [-0.39, 0.29) is 5.37 Å². The minimum Gasteiger partial charge on any atom is -0.380 e. The van der Waals surface area contributed by atoms with Gasteiger partial charge >= 0.3 is 0 Å². The van der Waals surface area contributed by atoms with E-state index in [1.807, 2.05) is 13.8 Å². The number of aryl methyl sites for hydroxylation is 1. The number of benzene rings is 1. The summed E-state index contributed by atoms with van der Waals surface area (Å²) in [7, 11) is 0. The molecule has 0 saturated carbocycles. The van der Waals surface area contributed by atoms with Crippen LogP contribution in [0.4, 0.5) is 0 Å². The maximum absolute atomic E-state index is 10.1. The van der Waals surface area contributed by atoms with Crippen LogP contribution < -0.4 is 5.32 Å². The molecule has 21 heavy (non-hydrogen) atoms. The van der Waals surface area contributed by atoms with Gasteiger partial charge in [0.15, 0.2) is 0 Å². The van der Waals surface area contributed by atoms with E-state index in [1.54, 1.807) is 11.8 Å². The fourth-order valence-corrected chi connectivity index (χ4v) is 3.50. The van der Waals surface area contributed by atoms with Gasteiger partial charge in [-0.2, -0.15) is 0 Å². The molecule has 2 unspecified atom stereocenters. The zero-order valence-corrected chi connectivity index (χ0v) is 15.1. The van der Waals surface area contributed by atoms with Crippen LogP contribution in [0.25, 0.3) is 0 Å². The maximum Gasteiger partial charge on any atom is 0.106 e. The Morgan fingerprint density at radius 2 is 1.71 bits per heavy atom. The van der Waals surface area contributed by atoms with Gasteiger partial charge < -0.3 is 10.4 Å². The first-order valence-electron chi connectivity index (χ1n) is 7.87. The molecule has 2 nitrogen and oxygen atoms in total. The number of aliphatic hydroxyl groups is 1. The molecule has 0 bridgehead atoms. The van der Waals surface area contributed by atoms with Crippen LogP contribution in [-0.4, -0.2) is 22.0 Å². The van der Waals surface area contributed by atoms with Crippen molar-refractivity contribution in [1.29, 1.82) is 0 Å². The Kier molecular flexibility index (Phi) is 7.25. The summed E-state index contributed by atoms with van der Waals surface area (Å²) in [5.41, 5.74) is 2.67. The van der Waals surface area contributed by atoms with Gasteiger partial charge in [-0.1, -0.05) is 50.6 Å². The van der Waals surface area contributed by atoms with Crippen molar-refractivity contribution in [2.24, 2.45) is 5.92 Å². The lowest BCUT2D eigenvalue weighted by atomic mass is 9.97. The van der Waals surface area contributed by atoms with Crippen LogP contribution in [0.1, 0.15) is 58.1 Å². The van der Waals surface area contributed by atoms with Gasteiger partial charge in [-0.25, -0.2) is 0 Å². The van der Waals surface area contributed by atoms with E-state index < -0.39 is 4.93 Å². The molecule has 120 valence electrons. The van der Waals surface area contributed by atoms with E-state index in [9.17, 15) is 5.11 Å². The molecule has 1 aromatic rings. The lowest BCUT2D eigenvalue weighted by Gasteiger charge is -2.28. The summed E-state index contributed by atoms with van der Waals surface area (Å²) in [6.45, 7) is 13.5. The highest BCUT2D eigenvalue weighted by Crippen LogP contribution is 2.31. The van der Waals surface area contributed by atoms with Crippen molar-refractivity contribution in [3.8, 4) is 0 Å². The molecule has 0 spiro atoms. The fourth-order valence-electron chi connectivity index (χ4n) is 2.24. The Balaban J connectivity index is 2.67. The van der Waals surface area contributed by atoms with Crippen LogP contribution in [0.15, 0.2) is 24.3 Å². The number of hydrogen-bond donors (Lipinski definition) is 2. The molecule has 0 amide bonds. The molecule has 0 aromatic heterocycles. The van der Waals surface area contributed by atoms with E-state index in [2.05, 4.69) is 57.3 Å². The summed E-state index contributed by atoms with van der Waals surface area (Å²) in [6, 6.07) is 8.78. The second kappa shape index (κ2) is 8.21. The largest absolute Gasteiger partial charge is 0.380 e. The molecule has 0 heterocycles. The first-order chi connectivity index (χ1) is 9.67. The third-order valence-electron chi connectivity index (χ3n) is 3.40. The number of nitrogens with one attached hydrogen (secondary N) is 1. The molecular formula is C18H31NOS. The molecule has 2 N–H and O–H groups in total. The Bertz CT molecular complexity index is 408. The van der Waals surface area contributed by atoms with Crippen LogP contribution >= 0.6 is 11.8 Å². The van der Waals surface area contributed by atoms with E-state index in [4.69, 9.17) is 0 Å². The zero-order valence-electron chi connectivity index (χ0n) is 14.3. The van der Waals surface area contributed by atoms with Gasteiger partial charge in [-0.15, -0.1) is 11.8 Å². The van der Waals surface area contributed by atoms with E-state index in [0.717, 1.165) is 13.0 Å². The van der Waals surface area contributed by atoms with Crippen molar-refractivity contribution < 1.29 is 5.11 Å². The van der Waals surface area contributed by atoms with Gasteiger partial charge in [0.25, 0.3) is 0 Å². The highest BCUT2D eigenvalue weighted by molar-refractivity contribution is 8.00. The summed E-state index contributed by atoms with van der Waals surface area (Å²) >= 11 is 1.61. The molecule has 0 aliphatic carbocycles. The highest BCUT2D eigenvalue weighted by Gasteiger charge is 2.23. The Morgan fingerprint density at radius 3 is 2.19 bits per heavy atom. The van der Waals surface area contributed by atoms with Crippen molar-refractivity contribution in [3.05, 3.63) is 35.4 Å². The maximum atomic E-state index is 10.1. The highest BCUT2D eigenvalue weighted by atomic mass is 32.2. The number of hydrogen-bond acceptors (Lipinski definition) is 3. The smallest absolute Gasteiger partial charge is 0.106 e. The summed E-state index contributed by atoms with van der Waals surface area (Å²) < 4.78 is 0. The average molecular weight is 310 g/mol. The molecule has 0 fully saturated rings. The second-order valence-electron chi connectivity index (χ2n) is 6.90. The molecule has 0 aliphatic heterocycles. The van der Waals surface area contributed by atoms with Gasteiger partial charge in [0.1, 0.15) is 4.93 Å². The fraction of sp³-hybridized carbons (Fsp3) is 0.667.